The van der Waals surface area contributed by atoms with Crippen molar-refractivity contribution in [3.05, 3.63) is 29.3 Å². The monoisotopic (exact) mass is 223 g/mol. The molecule has 3 heteroatoms. The van der Waals surface area contributed by atoms with Gasteiger partial charge in [-0.3, -0.25) is 0 Å². The quantitative estimate of drug-likeness (QED) is 0.831. The SMILES string of the molecule is COCc1ccc(OC)c(CC(C)(C)N)c1. The third-order valence-electron chi connectivity index (χ3n) is 2.30. The molecular formula is C13H21NO2. The highest BCUT2D eigenvalue weighted by Crippen LogP contribution is 2.23. The Balaban J connectivity index is 2.97. The van der Waals surface area contributed by atoms with Crippen LogP contribution in [0, 0.1) is 0 Å². The minimum Gasteiger partial charge on any atom is -0.496 e. The molecule has 1 rings (SSSR count). The Morgan fingerprint density at radius 3 is 2.44 bits per heavy atom. The van der Waals surface area contributed by atoms with Crippen LogP contribution in [0.2, 0.25) is 0 Å². The first-order chi connectivity index (χ1) is 7.46. The number of methoxy groups -OCH3 is 2. The lowest BCUT2D eigenvalue weighted by molar-refractivity contribution is 0.184. The van der Waals surface area contributed by atoms with Crippen molar-refractivity contribution < 1.29 is 9.47 Å². The van der Waals surface area contributed by atoms with Crippen LogP contribution in [0.4, 0.5) is 0 Å². The minimum absolute atomic E-state index is 0.237. The Labute approximate surface area is 97.6 Å². The molecule has 0 saturated carbocycles. The van der Waals surface area contributed by atoms with Crippen molar-refractivity contribution in [2.45, 2.75) is 32.4 Å². The van der Waals surface area contributed by atoms with Gasteiger partial charge in [0.15, 0.2) is 0 Å². The van der Waals surface area contributed by atoms with Gasteiger partial charge in [-0.05, 0) is 43.5 Å². The summed E-state index contributed by atoms with van der Waals surface area (Å²) in [5, 5.41) is 0. The summed E-state index contributed by atoms with van der Waals surface area (Å²) in [6, 6.07) is 6.07. The maximum atomic E-state index is 6.03. The van der Waals surface area contributed by atoms with Gasteiger partial charge in [0.05, 0.1) is 13.7 Å². The van der Waals surface area contributed by atoms with E-state index < -0.39 is 0 Å². The molecule has 0 aliphatic heterocycles. The second-order valence-corrected chi connectivity index (χ2v) is 4.74. The molecule has 16 heavy (non-hydrogen) atoms. The summed E-state index contributed by atoms with van der Waals surface area (Å²) in [6.45, 7) is 4.63. The highest BCUT2D eigenvalue weighted by Gasteiger charge is 2.15. The van der Waals surface area contributed by atoms with Crippen molar-refractivity contribution in [3.63, 3.8) is 0 Å². The molecule has 0 aliphatic rings. The first kappa shape index (κ1) is 13.0. The fourth-order valence-electron chi connectivity index (χ4n) is 1.72. The lowest BCUT2D eigenvalue weighted by atomic mass is 9.94. The van der Waals surface area contributed by atoms with Gasteiger partial charge in [0.2, 0.25) is 0 Å². The highest BCUT2D eigenvalue weighted by atomic mass is 16.5. The number of benzene rings is 1. The Kier molecular flexibility index (Phi) is 4.33. The number of nitrogens with two attached hydrogens (primary N) is 1. The van der Waals surface area contributed by atoms with E-state index in [1.807, 2.05) is 26.0 Å². The Morgan fingerprint density at radius 2 is 1.94 bits per heavy atom. The van der Waals surface area contributed by atoms with Crippen LogP contribution >= 0.6 is 0 Å². The number of rotatable bonds is 5. The van der Waals surface area contributed by atoms with Crippen LogP contribution in [0.15, 0.2) is 18.2 Å². The molecule has 0 bridgehead atoms. The predicted molar refractivity (Wildman–Crippen MR) is 65.7 cm³/mol. The predicted octanol–water partition coefficient (Wildman–Crippen LogP) is 2.12. The van der Waals surface area contributed by atoms with Crippen LogP contribution < -0.4 is 10.5 Å². The molecule has 0 unspecified atom stereocenters. The maximum absolute atomic E-state index is 6.03. The van der Waals surface area contributed by atoms with Gasteiger partial charge in [-0.15, -0.1) is 0 Å². The van der Waals surface area contributed by atoms with Crippen molar-refractivity contribution in [1.82, 2.24) is 0 Å². The topological polar surface area (TPSA) is 44.5 Å². The van der Waals surface area contributed by atoms with Gasteiger partial charge in [0.1, 0.15) is 5.75 Å². The summed E-state index contributed by atoms with van der Waals surface area (Å²) in [5.74, 6) is 0.887. The number of hydrogen-bond donors (Lipinski definition) is 1. The van der Waals surface area contributed by atoms with Crippen LogP contribution in [0.3, 0.4) is 0 Å². The van der Waals surface area contributed by atoms with Crippen LogP contribution in [-0.2, 0) is 17.8 Å². The van der Waals surface area contributed by atoms with E-state index in [1.165, 1.54) is 0 Å². The lowest BCUT2D eigenvalue weighted by Gasteiger charge is -2.20. The van der Waals surface area contributed by atoms with Crippen molar-refractivity contribution in [1.29, 1.82) is 0 Å². The van der Waals surface area contributed by atoms with Gasteiger partial charge in [0, 0.05) is 12.6 Å². The molecule has 0 saturated heterocycles. The molecule has 0 amide bonds. The lowest BCUT2D eigenvalue weighted by Crippen LogP contribution is -2.34. The van der Waals surface area contributed by atoms with Crippen LogP contribution in [-0.4, -0.2) is 19.8 Å². The molecule has 2 N–H and O–H groups in total. The van der Waals surface area contributed by atoms with E-state index in [-0.39, 0.29) is 5.54 Å². The molecule has 1 aromatic rings. The Bertz CT molecular complexity index is 342. The van der Waals surface area contributed by atoms with E-state index in [1.54, 1.807) is 14.2 Å². The molecule has 0 heterocycles. The fourth-order valence-corrected chi connectivity index (χ4v) is 1.72. The molecular weight excluding hydrogens is 202 g/mol. The van der Waals surface area contributed by atoms with Crippen LogP contribution in [0.25, 0.3) is 0 Å². The maximum Gasteiger partial charge on any atom is 0.122 e. The zero-order valence-corrected chi connectivity index (χ0v) is 10.5. The van der Waals surface area contributed by atoms with Gasteiger partial charge < -0.3 is 15.2 Å². The fraction of sp³-hybridized carbons (Fsp3) is 0.538. The average molecular weight is 223 g/mol. The second kappa shape index (κ2) is 5.32. The number of hydrogen-bond acceptors (Lipinski definition) is 3. The van der Waals surface area contributed by atoms with E-state index in [4.69, 9.17) is 15.2 Å². The molecule has 3 nitrogen and oxygen atoms in total. The van der Waals surface area contributed by atoms with Gasteiger partial charge in [-0.2, -0.15) is 0 Å². The molecule has 0 atom stereocenters. The molecule has 0 spiro atoms. The summed E-state index contributed by atoms with van der Waals surface area (Å²) >= 11 is 0. The van der Waals surface area contributed by atoms with Crippen LogP contribution in [0.5, 0.6) is 5.75 Å². The Morgan fingerprint density at radius 1 is 1.25 bits per heavy atom. The first-order valence-electron chi connectivity index (χ1n) is 5.40. The average Bonchev–Trinajstić information content (AvgIpc) is 2.16. The first-order valence-corrected chi connectivity index (χ1v) is 5.40. The van der Waals surface area contributed by atoms with E-state index in [0.717, 1.165) is 23.3 Å². The van der Waals surface area contributed by atoms with Gasteiger partial charge in [-0.25, -0.2) is 0 Å². The Hall–Kier alpha value is -1.06. The smallest absolute Gasteiger partial charge is 0.122 e. The minimum atomic E-state index is -0.237. The highest BCUT2D eigenvalue weighted by molar-refractivity contribution is 5.38. The zero-order valence-electron chi connectivity index (χ0n) is 10.5. The normalized spacial score (nSPS) is 11.6. The standard InChI is InChI=1S/C13H21NO2/c1-13(2,14)8-11-7-10(9-15-3)5-6-12(11)16-4/h5-7H,8-9,14H2,1-4H3. The van der Waals surface area contributed by atoms with Gasteiger partial charge in [0.25, 0.3) is 0 Å². The molecule has 90 valence electrons. The van der Waals surface area contributed by atoms with E-state index in [0.29, 0.717) is 6.61 Å². The molecule has 0 aromatic heterocycles. The third-order valence-corrected chi connectivity index (χ3v) is 2.30. The zero-order chi connectivity index (χ0) is 12.2. The molecule has 1 aromatic carbocycles. The summed E-state index contributed by atoms with van der Waals surface area (Å²) in [7, 11) is 3.37. The van der Waals surface area contributed by atoms with Gasteiger partial charge in [-0.1, -0.05) is 6.07 Å². The van der Waals surface area contributed by atoms with Crippen molar-refractivity contribution in [2.75, 3.05) is 14.2 Å². The molecule has 0 radical (unpaired) electrons. The number of ether oxygens (including phenoxy) is 2. The van der Waals surface area contributed by atoms with Crippen molar-refractivity contribution >= 4 is 0 Å². The van der Waals surface area contributed by atoms with Gasteiger partial charge >= 0.3 is 0 Å². The largest absolute Gasteiger partial charge is 0.496 e. The van der Waals surface area contributed by atoms with E-state index in [2.05, 4.69) is 6.07 Å². The van der Waals surface area contributed by atoms with Crippen molar-refractivity contribution in [2.24, 2.45) is 5.73 Å². The van der Waals surface area contributed by atoms with E-state index in [9.17, 15) is 0 Å². The second-order valence-electron chi connectivity index (χ2n) is 4.74. The summed E-state index contributed by atoms with van der Waals surface area (Å²) in [4.78, 5) is 0. The van der Waals surface area contributed by atoms with Crippen LogP contribution in [0.1, 0.15) is 25.0 Å². The summed E-state index contributed by atoms with van der Waals surface area (Å²) < 4.78 is 10.4. The molecule has 0 aliphatic carbocycles. The summed E-state index contributed by atoms with van der Waals surface area (Å²) in [6.07, 6.45) is 0.785. The summed E-state index contributed by atoms with van der Waals surface area (Å²) in [5.41, 5.74) is 8.06. The van der Waals surface area contributed by atoms with Crippen molar-refractivity contribution in [3.8, 4) is 5.75 Å². The third kappa shape index (κ3) is 3.83. The molecule has 0 fully saturated rings. The van der Waals surface area contributed by atoms with E-state index >= 15 is 0 Å².